The van der Waals surface area contributed by atoms with Crippen LogP contribution in [0.2, 0.25) is 0 Å². The molecule has 1 aromatic carbocycles. The zero-order chi connectivity index (χ0) is 18.4. The lowest BCUT2D eigenvalue weighted by atomic mass is 10.2. The molecule has 0 spiro atoms. The molecule has 1 saturated heterocycles. The Morgan fingerprint density at radius 2 is 1.88 bits per heavy atom. The van der Waals surface area contributed by atoms with Crippen molar-refractivity contribution in [3.05, 3.63) is 35.8 Å². The van der Waals surface area contributed by atoms with Gasteiger partial charge in [-0.2, -0.15) is 0 Å². The van der Waals surface area contributed by atoms with Crippen LogP contribution in [-0.4, -0.2) is 74.3 Å². The molecule has 2 heterocycles. The van der Waals surface area contributed by atoms with Crippen molar-refractivity contribution in [2.45, 2.75) is 6.92 Å². The van der Waals surface area contributed by atoms with E-state index < -0.39 is 0 Å². The summed E-state index contributed by atoms with van der Waals surface area (Å²) in [5.74, 6) is 0. The lowest BCUT2D eigenvalue weighted by Crippen LogP contribution is -2.55. The highest BCUT2D eigenvalue weighted by atomic mass is 32.1. The highest BCUT2D eigenvalue weighted by molar-refractivity contribution is 7.13. The number of quaternary nitrogens is 1. The average Bonchev–Trinajstić information content (AvgIpc) is 3.16. The first-order valence-corrected chi connectivity index (χ1v) is 10.1. The number of benzene rings is 1. The van der Waals surface area contributed by atoms with Crippen LogP contribution in [0, 0.1) is 0 Å². The summed E-state index contributed by atoms with van der Waals surface area (Å²) in [6.45, 7) is 10.3. The maximum Gasteiger partial charge on any atom is 0.229 e. The first-order chi connectivity index (χ1) is 12.6. The van der Waals surface area contributed by atoms with Gasteiger partial charge in [-0.3, -0.25) is 4.90 Å². The highest BCUT2D eigenvalue weighted by Gasteiger charge is 2.24. The van der Waals surface area contributed by atoms with Crippen molar-refractivity contribution in [3.8, 4) is 0 Å². The summed E-state index contributed by atoms with van der Waals surface area (Å²) < 4.78 is 1.14. The maximum atomic E-state index is 4.25. The van der Waals surface area contributed by atoms with Gasteiger partial charge >= 0.3 is 0 Å². The molecular weight excluding hydrogens is 344 g/mol. The summed E-state index contributed by atoms with van der Waals surface area (Å²) in [7, 11) is 4.65. The quantitative estimate of drug-likeness (QED) is 0.548. The topological polar surface area (TPSA) is 44.1 Å². The summed E-state index contributed by atoms with van der Waals surface area (Å²) in [6, 6.07) is 8.32. The number of nitrogens with zero attached hydrogens (tertiary/aromatic N) is 6. The lowest BCUT2D eigenvalue weighted by molar-refractivity contribution is -0.894. The molecule has 0 N–H and O–H groups in total. The van der Waals surface area contributed by atoms with E-state index in [2.05, 4.69) is 58.2 Å². The first-order valence-electron chi connectivity index (χ1n) is 9.26. The molecule has 1 aliphatic heterocycles. The van der Waals surface area contributed by atoms with Gasteiger partial charge in [-0.15, -0.1) is 21.6 Å². The Kier molecular flexibility index (Phi) is 6.34. The molecule has 26 heavy (non-hydrogen) atoms. The minimum Gasteiger partial charge on any atom is -0.371 e. The number of rotatable bonds is 7. The van der Waals surface area contributed by atoms with Crippen LogP contribution in [0.5, 0.6) is 0 Å². The van der Waals surface area contributed by atoms with Crippen LogP contribution >= 0.6 is 11.3 Å². The van der Waals surface area contributed by atoms with Gasteiger partial charge in [0.2, 0.25) is 5.13 Å². The Morgan fingerprint density at radius 1 is 1.15 bits per heavy atom. The molecule has 3 rings (SSSR count). The van der Waals surface area contributed by atoms with Gasteiger partial charge in [0.05, 0.1) is 32.9 Å². The Morgan fingerprint density at radius 3 is 2.50 bits per heavy atom. The number of hydrogen-bond acceptors (Lipinski definition) is 6. The average molecular weight is 374 g/mol. The van der Waals surface area contributed by atoms with E-state index in [9.17, 15) is 0 Å². The predicted molar refractivity (Wildman–Crippen MR) is 109 cm³/mol. The Labute approximate surface area is 160 Å². The minimum absolute atomic E-state index is 0.688. The molecule has 0 unspecified atom stereocenters. The third-order valence-corrected chi connectivity index (χ3v) is 5.65. The fourth-order valence-corrected chi connectivity index (χ4v) is 3.55. The van der Waals surface area contributed by atoms with E-state index in [-0.39, 0.29) is 0 Å². The van der Waals surface area contributed by atoms with E-state index in [1.807, 2.05) is 17.5 Å². The number of anilines is 1. The molecule has 0 aliphatic carbocycles. The Bertz CT molecular complexity index is 685. The highest BCUT2D eigenvalue weighted by Crippen LogP contribution is 2.23. The van der Waals surface area contributed by atoms with Gasteiger partial charge in [-0.1, -0.05) is 0 Å². The van der Waals surface area contributed by atoms with Crippen molar-refractivity contribution in [1.29, 1.82) is 0 Å². The number of piperazine rings is 1. The monoisotopic (exact) mass is 373 g/mol. The fourth-order valence-electron chi connectivity index (χ4n) is 3.10. The minimum atomic E-state index is 0.688. The van der Waals surface area contributed by atoms with Crippen LogP contribution in [0.25, 0.3) is 0 Å². The molecule has 0 bridgehead atoms. The predicted octanol–water partition coefficient (Wildman–Crippen LogP) is 3.78. The van der Waals surface area contributed by atoms with Crippen molar-refractivity contribution in [2.75, 3.05) is 64.8 Å². The zero-order valence-corrected chi connectivity index (χ0v) is 16.8. The molecule has 0 atom stereocenters. The van der Waals surface area contributed by atoms with Crippen LogP contribution in [0.15, 0.2) is 46.1 Å². The molecule has 1 aliphatic rings. The smallest absolute Gasteiger partial charge is 0.229 e. The summed E-state index contributed by atoms with van der Waals surface area (Å²) in [6.07, 6.45) is 1.74. The molecule has 2 aromatic rings. The second-order valence-corrected chi connectivity index (χ2v) is 8.21. The van der Waals surface area contributed by atoms with Crippen molar-refractivity contribution in [2.24, 2.45) is 10.2 Å². The summed E-state index contributed by atoms with van der Waals surface area (Å²) in [5.41, 5.74) is 2.10. The molecule has 1 fully saturated rings. The molecule has 0 saturated carbocycles. The van der Waals surface area contributed by atoms with E-state index in [1.165, 1.54) is 43.2 Å². The fraction of sp³-hybridized carbons (Fsp3) is 0.526. The third-order valence-electron chi connectivity index (χ3n) is 5.00. The van der Waals surface area contributed by atoms with Gasteiger partial charge < -0.3 is 9.38 Å². The van der Waals surface area contributed by atoms with E-state index >= 15 is 0 Å². The van der Waals surface area contributed by atoms with Gasteiger partial charge in [0, 0.05) is 50.0 Å². The number of aromatic nitrogens is 1. The summed E-state index contributed by atoms with van der Waals surface area (Å²) >= 11 is 1.49. The van der Waals surface area contributed by atoms with Gasteiger partial charge in [0.15, 0.2) is 0 Å². The van der Waals surface area contributed by atoms with Crippen LogP contribution in [-0.2, 0) is 0 Å². The van der Waals surface area contributed by atoms with Crippen molar-refractivity contribution < 1.29 is 4.48 Å². The summed E-state index contributed by atoms with van der Waals surface area (Å²) in [4.78, 5) is 9.13. The van der Waals surface area contributed by atoms with Crippen molar-refractivity contribution in [1.82, 2.24) is 9.88 Å². The molecule has 0 amide bonds. The largest absolute Gasteiger partial charge is 0.371 e. The molecule has 7 heteroatoms. The zero-order valence-electron chi connectivity index (χ0n) is 16.0. The van der Waals surface area contributed by atoms with Gasteiger partial charge in [0.25, 0.3) is 0 Å². The number of thiazole rings is 1. The van der Waals surface area contributed by atoms with Crippen molar-refractivity contribution >= 4 is 27.8 Å². The second kappa shape index (κ2) is 8.70. The molecule has 140 valence electrons. The van der Waals surface area contributed by atoms with Gasteiger partial charge in [-0.25, -0.2) is 4.98 Å². The first kappa shape index (κ1) is 18.9. The number of hydrogen-bond donors (Lipinski definition) is 0. The standard InChI is InChI=1S/C19H29N6S/c1-4-24(11-10-23-12-14-25(2,3)15-13-23)18-7-5-17(6-8-18)21-22-19-20-9-16-26-19/h5-9,16H,4,10-15H2,1-3H3/q+1/b22-21+. The summed E-state index contributed by atoms with van der Waals surface area (Å²) in [5, 5.41) is 11.0. The van der Waals surface area contributed by atoms with E-state index in [0.29, 0.717) is 5.13 Å². The molecule has 6 nitrogen and oxygen atoms in total. The Balaban J connectivity index is 1.53. The molecular formula is C19H29N6S+. The number of azo groups is 1. The second-order valence-electron chi connectivity index (χ2n) is 7.34. The van der Waals surface area contributed by atoms with E-state index in [0.717, 1.165) is 29.8 Å². The molecule has 0 radical (unpaired) electrons. The van der Waals surface area contributed by atoms with Crippen LogP contribution in [0.1, 0.15) is 6.92 Å². The van der Waals surface area contributed by atoms with Crippen molar-refractivity contribution in [3.63, 3.8) is 0 Å². The van der Waals surface area contributed by atoms with Gasteiger partial charge in [0.1, 0.15) is 0 Å². The third kappa shape index (κ3) is 5.33. The Hall–Kier alpha value is -1.83. The number of likely N-dealkylation sites (N-methyl/N-ethyl adjacent to an activating group) is 2. The van der Waals surface area contributed by atoms with Crippen LogP contribution < -0.4 is 4.90 Å². The SMILES string of the molecule is CCN(CCN1CC[N+](C)(C)CC1)c1ccc(/N=N/c2nccs2)cc1. The van der Waals surface area contributed by atoms with E-state index in [1.54, 1.807) is 6.20 Å². The normalized spacial score (nSPS) is 17.7. The van der Waals surface area contributed by atoms with Gasteiger partial charge in [-0.05, 0) is 31.2 Å². The lowest BCUT2D eigenvalue weighted by Gasteiger charge is -2.39. The maximum absolute atomic E-state index is 4.25. The van der Waals surface area contributed by atoms with Crippen LogP contribution in [0.4, 0.5) is 16.5 Å². The molecule has 1 aromatic heterocycles. The van der Waals surface area contributed by atoms with E-state index in [4.69, 9.17) is 0 Å². The van der Waals surface area contributed by atoms with Crippen LogP contribution in [0.3, 0.4) is 0 Å².